The third kappa shape index (κ3) is 5.59. The summed E-state index contributed by atoms with van der Waals surface area (Å²) in [5.74, 6) is 1.91. The van der Waals surface area contributed by atoms with Crippen LogP contribution in [-0.2, 0) is 0 Å². The number of hydrogen-bond donors (Lipinski definition) is 2. The first-order valence-corrected chi connectivity index (χ1v) is 11.5. The first-order chi connectivity index (χ1) is 15.5. The second kappa shape index (κ2) is 10.3. The first kappa shape index (κ1) is 22.6. The summed E-state index contributed by atoms with van der Waals surface area (Å²) in [5, 5.41) is 8.29. The molecule has 3 aromatic rings. The molecule has 0 aliphatic carbocycles. The second-order valence-corrected chi connectivity index (χ2v) is 8.75. The topological polar surface area (TPSA) is 62.3 Å². The summed E-state index contributed by atoms with van der Waals surface area (Å²) in [6.45, 7) is 3.56. The fraction of sp³-hybridized carbons (Fsp3) is 0.261. The van der Waals surface area contributed by atoms with Gasteiger partial charge in [-0.15, -0.1) is 0 Å². The van der Waals surface area contributed by atoms with Crippen molar-refractivity contribution in [3.05, 3.63) is 70.6 Å². The van der Waals surface area contributed by atoms with Crippen LogP contribution < -0.4 is 20.3 Å². The van der Waals surface area contributed by atoms with Crippen LogP contribution in [0.25, 0.3) is 0 Å². The Balaban J connectivity index is 1.35. The van der Waals surface area contributed by atoms with E-state index in [1.807, 2.05) is 31.2 Å². The molecule has 1 aliphatic heterocycles. The molecule has 0 amide bonds. The molecule has 0 bridgehead atoms. The van der Waals surface area contributed by atoms with Gasteiger partial charge in [0.2, 0.25) is 0 Å². The third-order valence-electron chi connectivity index (χ3n) is 5.26. The zero-order chi connectivity index (χ0) is 22.5. The van der Waals surface area contributed by atoms with E-state index in [-0.39, 0.29) is 6.04 Å². The summed E-state index contributed by atoms with van der Waals surface area (Å²) in [6, 6.07) is 11.4. The van der Waals surface area contributed by atoms with Gasteiger partial charge < -0.3 is 20.3 Å². The van der Waals surface area contributed by atoms with Gasteiger partial charge in [-0.05, 0) is 61.8 Å². The highest BCUT2D eigenvalue weighted by Crippen LogP contribution is 2.37. The highest BCUT2D eigenvalue weighted by Gasteiger charge is 2.23. The van der Waals surface area contributed by atoms with Gasteiger partial charge in [0.25, 0.3) is 0 Å². The molecule has 0 saturated carbocycles. The summed E-state index contributed by atoms with van der Waals surface area (Å²) in [6.07, 6.45) is 7.00. The van der Waals surface area contributed by atoms with Gasteiger partial charge in [0.15, 0.2) is 16.7 Å². The predicted molar refractivity (Wildman–Crippen MR) is 134 cm³/mol. The molecule has 0 atom stereocenters. The van der Waals surface area contributed by atoms with E-state index in [9.17, 15) is 0 Å². The molecule has 0 spiro atoms. The molecule has 1 aromatic carbocycles. The van der Waals surface area contributed by atoms with Crippen molar-refractivity contribution in [2.75, 3.05) is 23.3 Å². The van der Waals surface area contributed by atoms with E-state index >= 15 is 0 Å². The Kier molecular flexibility index (Phi) is 7.29. The van der Waals surface area contributed by atoms with Gasteiger partial charge in [-0.3, -0.25) is 4.98 Å². The number of aryl methyl sites for hydroxylation is 1. The Hall–Kier alpha value is -2.61. The van der Waals surface area contributed by atoms with Crippen LogP contribution in [0.2, 0.25) is 10.0 Å². The van der Waals surface area contributed by atoms with E-state index in [4.69, 9.17) is 40.2 Å². The van der Waals surface area contributed by atoms with Crippen molar-refractivity contribution in [1.82, 2.24) is 15.3 Å². The van der Waals surface area contributed by atoms with Crippen LogP contribution in [0.5, 0.6) is 11.5 Å². The average molecular weight is 488 g/mol. The zero-order valence-corrected chi connectivity index (χ0v) is 19.8. The molecular formula is C23H23Cl2N5OS. The molecule has 166 valence electrons. The minimum Gasteiger partial charge on any atom is -0.456 e. The van der Waals surface area contributed by atoms with Gasteiger partial charge >= 0.3 is 0 Å². The third-order valence-corrected chi connectivity index (χ3v) is 6.24. The number of rotatable bonds is 5. The van der Waals surface area contributed by atoms with Crippen LogP contribution in [0.3, 0.4) is 0 Å². The van der Waals surface area contributed by atoms with Gasteiger partial charge in [0, 0.05) is 42.6 Å². The summed E-state index contributed by atoms with van der Waals surface area (Å²) in [7, 11) is 0. The van der Waals surface area contributed by atoms with Gasteiger partial charge in [-0.2, -0.15) is 0 Å². The second-order valence-electron chi connectivity index (χ2n) is 7.56. The monoisotopic (exact) mass is 487 g/mol. The number of piperidine rings is 1. The molecular weight excluding hydrogens is 465 g/mol. The molecule has 1 aliphatic rings. The number of anilines is 2. The summed E-state index contributed by atoms with van der Waals surface area (Å²) in [5.41, 5.74) is 1.86. The van der Waals surface area contributed by atoms with Crippen molar-refractivity contribution in [3.63, 3.8) is 0 Å². The fourth-order valence-electron chi connectivity index (χ4n) is 3.50. The molecule has 0 radical (unpaired) electrons. The Morgan fingerprint density at radius 1 is 1.16 bits per heavy atom. The number of benzene rings is 1. The Morgan fingerprint density at radius 2 is 1.97 bits per heavy atom. The van der Waals surface area contributed by atoms with E-state index in [1.54, 1.807) is 30.7 Å². The lowest BCUT2D eigenvalue weighted by atomic mass is 10.1. The molecule has 1 saturated heterocycles. The lowest BCUT2D eigenvalue weighted by molar-refractivity contribution is 0.462. The van der Waals surface area contributed by atoms with Crippen LogP contribution in [0.15, 0.2) is 55.0 Å². The van der Waals surface area contributed by atoms with E-state index in [2.05, 4.69) is 25.5 Å². The standard InChI is InChI=1S/C23H23Cl2N5OS/c1-15-4-5-18(13-19(15)24)31-20-6-10-27-22(21(20)25)30-11-7-16(8-12-30)28-23(32)29-17-3-2-9-26-14-17/h2-6,9-10,13-14,16H,7-8,11-12H2,1H3,(H2,28,29,32). The Labute approximate surface area is 202 Å². The number of hydrogen-bond acceptors (Lipinski definition) is 5. The Morgan fingerprint density at radius 3 is 2.69 bits per heavy atom. The molecule has 2 aromatic heterocycles. The molecule has 32 heavy (non-hydrogen) atoms. The van der Waals surface area contributed by atoms with Crippen LogP contribution in [-0.4, -0.2) is 34.2 Å². The SMILES string of the molecule is Cc1ccc(Oc2ccnc(N3CCC(NC(=S)Nc4cccnc4)CC3)c2Cl)cc1Cl. The highest BCUT2D eigenvalue weighted by atomic mass is 35.5. The average Bonchev–Trinajstić information content (AvgIpc) is 2.79. The summed E-state index contributed by atoms with van der Waals surface area (Å²) in [4.78, 5) is 10.8. The number of halogens is 2. The number of aromatic nitrogens is 2. The van der Waals surface area contributed by atoms with Crippen LogP contribution >= 0.6 is 35.4 Å². The molecule has 0 unspecified atom stereocenters. The van der Waals surface area contributed by atoms with Crippen molar-refractivity contribution < 1.29 is 4.74 Å². The van der Waals surface area contributed by atoms with Crippen LogP contribution in [0.1, 0.15) is 18.4 Å². The maximum absolute atomic E-state index is 6.66. The number of ether oxygens (including phenoxy) is 1. The van der Waals surface area contributed by atoms with Gasteiger partial charge in [0.1, 0.15) is 10.8 Å². The summed E-state index contributed by atoms with van der Waals surface area (Å²) < 4.78 is 5.98. The number of nitrogens with one attached hydrogen (secondary N) is 2. The quantitative estimate of drug-likeness (QED) is 0.438. The largest absolute Gasteiger partial charge is 0.456 e. The van der Waals surface area contributed by atoms with Gasteiger partial charge in [-0.1, -0.05) is 29.3 Å². The van der Waals surface area contributed by atoms with Gasteiger partial charge in [-0.25, -0.2) is 4.98 Å². The van der Waals surface area contributed by atoms with Crippen LogP contribution in [0, 0.1) is 6.92 Å². The predicted octanol–water partition coefficient (Wildman–Crippen LogP) is 5.84. The van der Waals surface area contributed by atoms with Crippen molar-refractivity contribution in [2.45, 2.75) is 25.8 Å². The number of pyridine rings is 2. The van der Waals surface area contributed by atoms with Gasteiger partial charge in [0.05, 0.1) is 11.9 Å². The lowest BCUT2D eigenvalue weighted by Gasteiger charge is -2.34. The minimum absolute atomic E-state index is 0.274. The first-order valence-electron chi connectivity index (χ1n) is 10.3. The van der Waals surface area contributed by atoms with Crippen LogP contribution in [0.4, 0.5) is 11.5 Å². The Bertz CT molecular complexity index is 1090. The molecule has 1 fully saturated rings. The maximum Gasteiger partial charge on any atom is 0.171 e. The minimum atomic E-state index is 0.274. The zero-order valence-electron chi connectivity index (χ0n) is 17.5. The number of thiocarbonyl (C=S) groups is 1. The molecule has 2 N–H and O–H groups in total. The van der Waals surface area contributed by atoms with E-state index in [0.29, 0.717) is 26.7 Å². The molecule has 6 nitrogen and oxygen atoms in total. The van der Waals surface area contributed by atoms with E-state index < -0.39 is 0 Å². The van der Waals surface area contributed by atoms with E-state index in [0.717, 1.165) is 43.0 Å². The lowest BCUT2D eigenvalue weighted by Crippen LogP contribution is -2.46. The van der Waals surface area contributed by atoms with Crippen molar-refractivity contribution >= 4 is 52.0 Å². The molecule has 3 heterocycles. The fourth-order valence-corrected chi connectivity index (χ4v) is 4.23. The molecule has 4 rings (SSSR count). The van der Waals surface area contributed by atoms with Crippen molar-refractivity contribution in [3.8, 4) is 11.5 Å². The van der Waals surface area contributed by atoms with E-state index in [1.165, 1.54) is 0 Å². The normalized spacial score (nSPS) is 14.2. The summed E-state index contributed by atoms with van der Waals surface area (Å²) >= 11 is 18.3. The number of nitrogens with zero attached hydrogens (tertiary/aromatic N) is 3. The smallest absolute Gasteiger partial charge is 0.171 e. The molecule has 9 heteroatoms. The maximum atomic E-state index is 6.66. The highest BCUT2D eigenvalue weighted by molar-refractivity contribution is 7.80. The van der Waals surface area contributed by atoms with Crippen molar-refractivity contribution in [1.29, 1.82) is 0 Å². The van der Waals surface area contributed by atoms with Crippen molar-refractivity contribution in [2.24, 2.45) is 0 Å².